The number of benzene rings is 2. The highest BCUT2D eigenvalue weighted by Crippen LogP contribution is 2.39. The monoisotopic (exact) mass is 514 g/mol. The van der Waals surface area contributed by atoms with Crippen LogP contribution in [0, 0.1) is 0 Å². The lowest BCUT2D eigenvalue weighted by Crippen LogP contribution is -2.43. The maximum absolute atomic E-state index is 13.2. The van der Waals surface area contributed by atoms with Crippen molar-refractivity contribution >= 4 is 15.9 Å². The number of likely N-dealkylation sites (tertiary alicyclic amines) is 1. The van der Waals surface area contributed by atoms with Crippen LogP contribution in [-0.2, 0) is 9.84 Å². The Morgan fingerprint density at radius 3 is 2.00 bits per heavy atom. The van der Waals surface area contributed by atoms with Crippen molar-refractivity contribution in [3.63, 3.8) is 0 Å². The predicted octanol–water partition coefficient (Wildman–Crippen LogP) is 3.58. The Morgan fingerprint density at radius 1 is 1.00 bits per heavy atom. The molecule has 2 aromatic carbocycles. The van der Waals surface area contributed by atoms with Gasteiger partial charge in [0.25, 0.3) is 0 Å². The number of hydrogen-bond acceptors (Lipinski definition) is 7. The van der Waals surface area contributed by atoms with Gasteiger partial charge in [0.05, 0.1) is 31.3 Å². The fourth-order valence-electron chi connectivity index (χ4n) is 4.51. The van der Waals surface area contributed by atoms with Crippen LogP contribution in [0.1, 0.15) is 24.5 Å². The third-order valence-corrected chi connectivity index (χ3v) is 7.49. The lowest BCUT2D eigenvalue weighted by atomic mass is 9.93. The van der Waals surface area contributed by atoms with E-state index >= 15 is 0 Å². The van der Waals surface area contributed by atoms with Crippen LogP contribution in [-0.4, -0.2) is 80.0 Å². The molecule has 1 fully saturated rings. The SMILES string of the molecule is COc1ccc(-c2c(S(C)(=O)=O)c(C3CCN(C(=O)N(C)O)CC3)nn2-c2ccc(OC)cc2)cc1. The second kappa shape index (κ2) is 10.2. The Labute approximate surface area is 210 Å². The van der Waals surface area contributed by atoms with E-state index in [9.17, 15) is 18.4 Å². The second-order valence-electron chi connectivity index (χ2n) is 8.74. The number of hydroxylamine groups is 2. The summed E-state index contributed by atoms with van der Waals surface area (Å²) in [6, 6.07) is 13.9. The van der Waals surface area contributed by atoms with E-state index in [2.05, 4.69) is 0 Å². The van der Waals surface area contributed by atoms with Crippen LogP contribution in [0.25, 0.3) is 16.9 Å². The van der Waals surface area contributed by atoms with Crippen LogP contribution < -0.4 is 9.47 Å². The third-order valence-electron chi connectivity index (χ3n) is 6.35. The summed E-state index contributed by atoms with van der Waals surface area (Å²) in [5.41, 5.74) is 2.31. The summed E-state index contributed by atoms with van der Waals surface area (Å²) in [6.07, 6.45) is 2.23. The molecule has 1 N–H and O–H groups in total. The Bertz CT molecular complexity index is 1330. The molecular formula is C25H30N4O6S. The molecule has 0 spiro atoms. The maximum atomic E-state index is 13.2. The minimum atomic E-state index is -3.69. The molecule has 0 bridgehead atoms. The van der Waals surface area contributed by atoms with Gasteiger partial charge in [-0.3, -0.25) is 5.21 Å². The lowest BCUT2D eigenvalue weighted by Gasteiger charge is -2.32. The van der Waals surface area contributed by atoms with Crippen molar-refractivity contribution in [2.75, 3.05) is 40.6 Å². The normalized spacial score (nSPS) is 14.5. The Hall–Kier alpha value is -3.57. The smallest absolute Gasteiger partial charge is 0.343 e. The molecule has 1 aliphatic rings. The van der Waals surface area contributed by atoms with Gasteiger partial charge in [0.2, 0.25) is 0 Å². The van der Waals surface area contributed by atoms with Gasteiger partial charge < -0.3 is 14.4 Å². The van der Waals surface area contributed by atoms with E-state index < -0.39 is 15.9 Å². The number of urea groups is 1. The van der Waals surface area contributed by atoms with Crippen molar-refractivity contribution in [3.8, 4) is 28.4 Å². The molecule has 0 saturated carbocycles. The van der Waals surface area contributed by atoms with Gasteiger partial charge in [0.15, 0.2) is 9.84 Å². The number of methoxy groups -OCH3 is 2. The quantitative estimate of drug-likeness (QED) is 0.395. The van der Waals surface area contributed by atoms with Gasteiger partial charge in [-0.15, -0.1) is 0 Å². The molecule has 1 aromatic heterocycles. The minimum Gasteiger partial charge on any atom is -0.497 e. The summed E-state index contributed by atoms with van der Waals surface area (Å²) in [4.78, 5) is 13.9. The average molecular weight is 515 g/mol. The van der Waals surface area contributed by atoms with Crippen LogP contribution in [0.5, 0.6) is 11.5 Å². The first-order chi connectivity index (χ1) is 17.1. The number of rotatable bonds is 6. The summed E-state index contributed by atoms with van der Waals surface area (Å²) in [7, 11) is 0.749. The van der Waals surface area contributed by atoms with E-state index in [0.717, 1.165) is 0 Å². The highest BCUT2D eigenvalue weighted by Gasteiger charge is 2.34. The van der Waals surface area contributed by atoms with E-state index in [1.165, 1.54) is 13.3 Å². The van der Waals surface area contributed by atoms with Crippen molar-refractivity contribution < 1.29 is 27.9 Å². The van der Waals surface area contributed by atoms with Gasteiger partial charge in [-0.25, -0.2) is 23.0 Å². The summed E-state index contributed by atoms with van der Waals surface area (Å²) in [5, 5.41) is 14.9. The van der Waals surface area contributed by atoms with Gasteiger partial charge in [0, 0.05) is 37.9 Å². The maximum Gasteiger partial charge on any atom is 0.343 e. The van der Waals surface area contributed by atoms with Crippen molar-refractivity contribution in [2.45, 2.75) is 23.7 Å². The molecule has 1 aliphatic heterocycles. The standard InChI is InChI=1S/C25H30N4O6S/c1-27(31)25(30)28-15-13-17(14-16-28)22-24(36(4,32)33)23(18-5-9-20(34-2)10-6-18)29(26-22)19-7-11-21(35-3)12-8-19/h5-12,17,31H,13-16H2,1-4H3. The van der Waals surface area contributed by atoms with Gasteiger partial charge >= 0.3 is 6.03 Å². The molecule has 192 valence electrons. The predicted molar refractivity (Wildman–Crippen MR) is 134 cm³/mol. The number of nitrogens with zero attached hydrogens (tertiary/aromatic N) is 4. The molecule has 3 aromatic rings. The molecule has 0 aliphatic carbocycles. The Balaban J connectivity index is 1.86. The number of ether oxygens (including phenoxy) is 2. The summed E-state index contributed by atoms with van der Waals surface area (Å²) < 4.78 is 38.7. The molecule has 0 atom stereocenters. The summed E-state index contributed by atoms with van der Waals surface area (Å²) in [6.45, 7) is 0.760. The van der Waals surface area contributed by atoms with Gasteiger partial charge in [-0.05, 0) is 61.4 Å². The van der Waals surface area contributed by atoms with Crippen molar-refractivity contribution in [2.24, 2.45) is 0 Å². The zero-order chi connectivity index (χ0) is 26.0. The van der Waals surface area contributed by atoms with Crippen LogP contribution >= 0.6 is 0 Å². The Kier molecular flexibility index (Phi) is 7.23. The molecule has 11 heteroatoms. The topological polar surface area (TPSA) is 114 Å². The molecule has 0 radical (unpaired) electrons. The van der Waals surface area contributed by atoms with Crippen LogP contribution in [0.2, 0.25) is 0 Å². The summed E-state index contributed by atoms with van der Waals surface area (Å²) in [5.74, 6) is 1.15. The molecule has 0 unspecified atom stereocenters. The van der Waals surface area contributed by atoms with Gasteiger partial charge in [0.1, 0.15) is 16.4 Å². The van der Waals surface area contributed by atoms with Crippen LogP contribution in [0.4, 0.5) is 4.79 Å². The number of sulfone groups is 1. The van der Waals surface area contributed by atoms with E-state index in [4.69, 9.17) is 14.6 Å². The number of piperidine rings is 1. The Morgan fingerprint density at radius 2 is 1.53 bits per heavy atom. The first-order valence-corrected chi connectivity index (χ1v) is 13.4. The third kappa shape index (κ3) is 5.02. The first-order valence-electron chi connectivity index (χ1n) is 11.5. The van der Waals surface area contributed by atoms with Crippen LogP contribution in [0.15, 0.2) is 53.4 Å². The number of hydrogen-bond donors (Lipinski definition) is 1. The van der Waals surface area contributed by atoms with Crippen LogP contribution in [0.3, 0.4) is 0 Å². The molecular weight excluding hydrogens is 484 g/mol. The second-order valence-corrected chi connectivity index (χ2v) is 10.7. The lowest BCUT2D eigenvalue weighted by molar-refractivity contribution is -0.0357. The largest absolute Gasteiger partial charge is 0.497 e. The highest BCUT2D eigenvalue weighted by atomic mass is 32.2. The molecule has 2 amide bonds. The number of amides is 2. The molecule has 1 saturated heterocycles. The number of carbonyl (C=O) groups excluding carboxylic acids is 1. The number of carbonyl (C=O) groups is 1. The zero-order valence-corrected chi connectivity index (χ0v) is 21.5. The van der Waals surface area contributed by atoms with Crippen molar-refractivity contribution in [3.05, 3.63) is 54.2 Å². The molecule has 10 nitrogen and oxygen atoms in total. The minimum absolute atomic E-state index is 0.174. The molecule has 4 rings (SSSR count). The fourth-order valence-corrected chi connectivity index (χ4v) is 5.66. The highest BCUT2D eigenvalue weighted by molar-refractivity contribution is 7.90. The zero-order valence-electron chi connectivity index (χ0n) is 20.7. The average Bonchev–Trinajstić information content (AvgIpc) is 3.30. The summed E-state index contributed by atoms with van der Waals surface area (Å²) >= 11 is 0. The molecule has 2 heterocycles. The number of aromatic nitrogens is 2. The van der Waals surface area contributed by atoms with Crippen molar-refractivity contribution in [1.29, 1.82) is 0 Å². The van der Waals surface area contributed by atoms with E-state index in [1.807, 2.05) is 24.3 Å². The fraction of sp³-hybridized carbons (Fsp3) is 0.360. The first kappa shape index (κ1) is 25.5. The molecule has 36 heavy (non-hydrogen) atoms. The van der Waals surface area contributed by atoms with Crippen molar-refractivity contribution in [1.82, 2.24) is 19.7 Å². The van der Waals surface area contributed by atoms with Gasteiger partial charge in [-0.1, -0.05) is 0 Å². The van der Waals surface area contributed by atoms with E-state index in [0.29, 0.717) is 65.1 Å². The van der Waals surface area contributed by atoms with E-state index in [-0.39, 0.29) is 10.8 Å². The van der Waals surface area contributed by atoms with E-state index in [1.54, 1.807) is 48.1 Å². The van der Waals surface area contributed by atoms with Gasteiger partial charge in [-0.2, -0.15) is 5.10 Å².